The largest absolute Gasteiger partial charge is 0.497 e. The highest BCUT2D eigenvalue weighted by atomic mass is 127. The lowest BCUT2D eigenvalue weighted by molar-refractivity contribution is 0.396. The Hall–Kier alpha value is -0.450. The monoisotopic (exact) mass is 306 g/mol. The Labute approximate surface area is 98.7 Å². The molecule has 0 aliphatic heterocycles. The zero-order valence-corrected chi connectivity index (χ0v) is 11.1. The fourth-order valence-corrected chi connectivity index (χ4v) is 1.92. The Bertz CT molecular complexity index is 321. The second-order valence-electron chi connectivity index (χ2n) is 3.18. The number of alkyl halides is 1. The van der Waals surface area contributed by atoms with Gasteiger partial charge in [-0.25, -0.2) is 0 Å². The second kappa shape index (κ2) is 4.87. The number of aryl methyl sites for hydroxylation is 1. The highest BCUT2D eigenvalue weighted by Crippen LogP contribution is 2.36. The fourth-order valence-electron chi connectivity index (χ4n) is 1.46. The van der Waals surface area contributed by atoms with Gasteiger partial charge in [0.2, 0.25) is 0 Å². The quantitative estimate of drug-likeness (QED) is 0.628. The first-order valence-corrected chi connectivity index (χ1v) is 5.71. The molecule has 0 heterocycles. The summed E-state index contributed by atoms with van der Waals surface area (Å²) in [4.78, 5) is 0. The van der Waals surface area contributed by atoms with Crippen LogP contribution in [0.3, 0.4) is 0 Å². The van der Waals surface area contributed by atoms with E-state index in [9.17, 15) is 0 Å². The van der Waals surface area contributed by atoms with Crippen molar-refractivity contribution >= 4 is 22.6 Å². The lowest BCUT2D eigenvalue weighted by atomic mass is 10.1. The summed E-state index contributed by atoms with van der Waals surface area (Å²) in [6.07, 6.45) is 0. The van der Waals surface area contributed by atoms with Crippen molar-refractivity contribution < 1.29 is 9.47 Å². The highest BCUT2D eigenvalue weighted by molar-refractivity contribution is 14.1. The second-order valence-corrected chi connectivity index (χ2v) is 5.05. The predicted octanol–water partition coefficient (Wildman–Crippen LogP) is 3.51. The van der Waals surface area contributed by atoms with Crippen molar-refractivity contribution in [1.82, 2.24) is 0 Å². The van der Waals surface area contributed by atoms with Gasteiger partial charge in [0.25, 0.3) is 0 Å². The molecule has 0 bridgehead atoms. The first kappa shape index (κ1) is 11.6. The number of rotatable bonds is 3. The molecule has 3 heteroatoms. The van der Waals surface area contributed by atoms with E-state index in [0.29, 0.717) is 3.92 Å². The molecule has 0 fully saturated rings. The van der Waals surface area contributed by atoms with Crippen molar-refractivity contribution in [3.8, 4) is 11.5 Å². The molecule has 0 aliphatic carbocycles. The molecule has 0 N–H and O–H groups in total. The van der Waals surface area contributed by atoms with Crippen molar-refractivity contribution in [2.24, 2.45) is 0 Å². The summed E-state index contributed by atoms with van der Waals surface area (Å²) in [5.74, 6) is 1.86. The maximum absolute atomic E-state index is 5.38. The van der Waals surface area contributed by atoms with E-state index in [1.807, 2.05) is 19.1 Å². The molecule has 2 nitrogen and oxygen atoms in total. The number of methoxy groups -OCH3 is 2. The van der Waals surface area contributed by atoms with Crippen molar-refractivity contribution in [1.29, 1.82) is 0 Å². The van der Waals surface area contributed by atoms with Gasteiger partial charge in [-0.2, -0.15) is 0 Å². The number of hydrogen-bond acceptors (Lipinski definition) is 2. The summed E-state index contributed by atoms with van der Waals surface area (Å²) in [7, 11) is 3.39. The zero-order chi connectivity index (χ0) is 10.7. The van der Waals surface area contributed by atoms with Crippen LogP contribution in [0.1, 0.15) is 22.0 Å². The predicted molar refractivity (Wildman–Crippen MR) is 66.7 cm³/mol. The van der Waals surface area contributed by atoms with E-state index >= 15 is 0 Å². The molecule has 0 amide bonds. The number of benzene rings is 1. The molecular weight excluding hydrogens is 291 g/mol. The first-order chi connectivity index (χ1) is 6.60. The Balaban J connectivity index is 3.28. The molecule has 1 aromatic rings. The van der Waals surface area contributed by atoms with Gasteiger partial charge in [0.1, 0.15) is 11.5 Å². The van der Waals surface area contributed by atoms with Gasteiger partial charge in [0, 0.05) is 9.49 Å². The van der Waals surface area contributed by atoms with Crippen molar-refractivity contribution in [3.05, 3.63) is 23.3 Å². The standard InChI is InChI=1S/C11H15IO2/c1-7-5-9(13-3)6-10(8(2)12)11(7)14-4/h5-6,8H,1-4H3. The van der Waals surface area contributed by atoms with Crippen LogP contribution in [0.15, 0.2) is 12.1 Å². The Morgan fingerprint density at radius 2 is 1.86 bits per heavy atom. The molecule has 1 unspecified atom stereocenters. The molecule has 78 valence electrons. The smallest absolute Gasteiger partial charge is 0.126 e. The van der Waals surface area contributed by atoms with Crippen LogP contribution in [-0.2, 0) is 0 Å². The molecule has 0 radical (unpaired) electrons. The molecule has 0 saturated heterocycles. The molecule has 14 heavy (non-hydrogen) atoms. The zero-order valence-electron chi connectivity index (χ0n) is 8.93. The van der Waals surface area contributed by atoms with Crippen molar-refractivity contribution in [2.75, 3.05) is 14.2 Å². The van der Waals surface area contributed by atoms with Gasteiger partial charge in [-0.1, -0.05) is 22.6 Å². The van der Waals surface area contributed by atoms with E-state index in [4.69, 9.17) is 9.47 Å². The van der Waals surface area contributed by atoms with Crippen LogP contribution in [0.5, 0.6) is 11.5 Å². The van der Waals surface area contributed by atoms with Crippen molar-refractivity contribution in [2.45, 2.75) is 17.8 Å². The first-order valence-electron chi connectivity index (χ1n) is 4.46. The summed E-state index contributed by atoms with van der Waals surface area (Å²) in [6, 6.07) is 4.02. The Morgan fingerprint density at radius 1 is 1.21 bits per heavy atom. The lowest BCUT2D eigenvalue weighted by Crippen LogP contribution is -1.96. The third kappa shape index (κ3) is 2.32. The molecule has 1 aromatic carbocycles. The van der Waals surface area contributed by atoms with Gasteiger partial charge in [0.15, 0.2) is 0 Å². The molecular formula is C11H15IO2. The van der Waals surface area contributed by atoms with Gasteiger partial charge in [-0.3, -0.25) is 0 Å². The maximum Gasteiger partial charge on any atom is 0.126 e. The van der Waals surface area contributed by atoms with Crippen LogP contribution in [-0.4, -0.2) is 14.2 Å². The van der Waals surface area contributed by atoms with Crippen LogP contribution in [0.25, 0.3) is 0 Å². The van der Waals surface area contributed by atoms with Gasteiger partial charge < -0.3 is 9.47 Å². The minimum atomic E-state index is 0.413. The van der Waals surface area contributed by atoms with Crippen molar-refractivity contribution in [3.63, 3.8) is 0 Å². The van der Waals surface area contributed by atoms with Crippen LogP contribution in [0.4, 0.5) is 0 Å². The molecule has 1 rings (SSSR count). The van der Waals surface area contributed by atoms with Crippen LogP contribution in [0, 0.1) is 6.92 Å². The third-order valence-corrected chi connectivity index (χ3v) is 2.82. The van der Waals surface area contributed by atoms with Gasteiger partial charge in [-0.15, -0.1) is 0 Å². The Kier molecular flexibility index (Phi) is 4.04. The minimum absolute atomic E-state index is 0.413. The van der Waals surface area contributed by atoms with Gasteiger partial charge >= 0.3 is 0 Å². The third-order valence-electron chi connectivity index (χ3n) is 2.15. The van der Waals surface area contributed by atoms with E-state index in [0.717, 1.165) is 17.1 Å². The molecule has 0 saturated carbocycles. The summed E-state index contributed by atoms with van der Waals surface area (Å²) in [5, 5.41) is 0. The highest BCUT2D eigenvalue weighted by Gasteiger charge is 2.12. The van der Waals surface area contributed by atoms with E-state index in [2.05, 4.69) is 29.5 Å². The normalized spacial score (nSPS) is 12.4. The molecule has 0 spiro atoms. The van der Waals surface area contributed by atoms with Crippen LogP contribution in [0.2, 0.25) is 0 Å². The minimum Gasteiger partial charge on any atom is -0.497 e. The van der Waals surface area contributed by atoms with Crippen LogP contribution >= 0.6 is 22.6 Å². The van der Waals surface area contributed by atoms with E-state index in [-0.39, 0.29) is 0 Å². The SMILES string of the molecule is COc1cc(C)c(OC)c(C(C)I)c1. The maximum atomic E-state index is 5.38. The topological polar surface area (TPSA) is 18.5 Å². The average molecular weight is 306 g/mol. The fraction of sp³-hybridized carbons (Fsp3) is 0.455. The summed E-state index contributed by atoms with van der Waals surface area (Å²) >= 11 is 2.37. The lowest BCUT2D eigenvalue weighted by Gasteiger charge is -2.15. The average Bonchev–Trinajstić information content (AvgIpc) is 2.16. The number of halogens is 1. The Morgan fingerprint density at radius 3 is 2.29 bits per heavy atom. The summed E-state index contributed by atoms with van der Waals surface area (Å²) in [5.41, 5.74) is 2.30. The van der Waals surface area contributed by atoms with Gasteiger partial charge in [0.05, 0.1) is 14.2 Å². The molecule has 0 aromatic heterocycles. The number of hydrogen-bond donors (Lipinski definition) is 0. The van der Waals surface area contributed by atoms with E-state index in [1.54, 1.807) is 14.2 Å². The molecule has 0 aliphatic rings. The van der Waals surface area contributed by atoms with E-state index < -0.39 is 0 Å². The number of ether oxygens (including phenoxy) is 2. The summed E-state index contributed by atoms with van der Waals surface area (Å²) in [6.45, 7) is 4.17. The van der Waals surface area contributed by atoms with E-state index in [1.165, 1.54) is 5.56 Å². The molecule has 1 atom stereocenters. The van der Waals surface area contributed by atoms with Gasteiger partial charge in [-0.05, 0) is 31.5 Å². The van der Waals surface area contributed by atoms with Crippen LogP contribution < -0.4 is 9.47 Å². The summed E-state index contributed by atoms with van der Waals surface area (Å²) < 4.78 is 11.0.